The quantitative estimate of drug-likeness (QED) is 0.165. The van der Waals surface area contributed by atoms with Gasteiger partial charge >= 0.3 is 0 Å². The Hall–Kier alpha value is -8.47. The Morgan fingerprint density at radius 3 is 1.59 bits per heavy atom. The van der Waals surface area contributed by atoms with Crippen LogP contribution in [0.25, 0.3) is 77.2 Å². The number of benzene rings is 10. The average molecular weight is 962 g/mol. The van der Waals surface area contributed by atoms with E-state index in [1.165, 1.54) is 166 Å². The molecule has 0 spiro atoms. The molecule has 0 aliphatic carbocycles. The van der Waals surface area contributed by atoms with E-state index in [0.717, 1.165) is 22.9 Å². The SMILES string of the molecule is Cc1ccc(N2c3cc4c(cc3B3c5c2cc(-c2c(C)cccc2C)cc5-n2c5ccc(C)cc5c5cc(C)cc3c52)B2c3c(cc(-c5c(C)cccc5C)cc3-n3c5ccc(C)cc5c5ccc(C)c2c53)O4)cc1. The predicted octanol–water partition coefficient (Wildman–Crippen LogP) is 13.5. The topological polar surface area (TPSA) is 22.3 Å². The molecule has 10 aromatic carbocycles. The molecule has 0 bridgehead atoms. The Balaban J connectivity index is 1.06. The van der Waals surface area contributed by atoms with Crippen LogP contribution in [0.15, 0.2) is 158 Å². The smallest absolute Gasteiger partial charge is 0.256 e. The van der Waals surface area contributed by atoms with Gasteiger partial charge in [0.05, 0.1) is 11.0 Å². The molecule has 0 unspecified atom stereocenters. The summed E-state index contributed by atoms with van der Waals surface area (Å²) in [4.78, 5) is 2.57. The summed E-state index contributed by atoms with van der Waals surface area (Å²) < 4.78 is 12.8. The Bertz CT molecular complexity index is 4590. The third-order valence-electron chi connectivity index (χ3n) is 17.8. The van der Waals surface area contributed by atoms with Crippen LogP contribution in [0.3, 0.4) is 0 Å². The molecule has 2 aromatic heterocycles. The fraction of sp³-hybridized carbons (Fsp3) is 0.130. The van der Waals surface area contributed by atoms with E-state index in [2.05, 4.69) is 234 Å². The second-order valence-electron chi connectivity index (χ2n) is 22.6. The Labute approximate surface area is 438 Å². The number of ether oxygens (including phenoxy) is 1. The summed E-state index contributed by atoms with van der Waals surface area (Å²) in [5.41, 5.74) is 35.2. The van der Waals surface area contributed by atoms with Crippen LogP contribution in [0.4, 0.5) is 17.1 Å². The minimum absolute atomic E-state index is 0.0634. The van der Waals surface area contributed by atoms with Gasteiger partial charge in [-0.2, -0.15) is 0 Å². The van der Waals surface area contributed by atoms with Crippen LogP contribution in [0, 0.1) is 62.3 Å². The van der Waals surface area contributed by atoms with Crippen LogP contribution in [0.2, 0.25) is 0 Å². The lowest BCUT2D eigenvalue weighted by molar-refractivity contribution is 0.487. The molecule has 4 nitrogen and oxygen atoms in total. The molecule has 0 amide bonds. The van der Waals surface area contributed by atoms with Gasteiger partial charge in [0, 0.05) is 67.1 Å². The summed E-state index contributed by atoms with van der Waals surface area (Å²) in [5, 5.41) is 5.20. The van der Waals surface area contributed by atoms with Gasteiger partial charge in [0.25, 0.3) is 13.4 Å². The molecule has 4 aliphatic heterocycles. The summed E-state index contributed by atoms with van der Waals surface area (Å²) in [6, 6.07) is 61.1. The van der Waals surface area contributed by atoms with Crippen molar-refractivity contribution >= 4 is 107 Å². The van der Waals surface area contributed by atoms with Crippen LogP contribution < -0.4 is 42.4 Å². The number of hydrogen-bond acceptors (Lipinski definition) is 2. The van der Waals surface area contributed by atoms with E-state index < -0.39 is 0 Å². The van der Waals surface area contributed by atoms with Gasteiger partial charge in [0.15, 0.2) is 0 Å². The number of aromatic nitrogens is 2. The molecule has 0 atom stereocenters. The normalized spacial score (nSPS) is 13.4. The molecule has 4 aliphatic rings. The minimum atomic E-state index is -0.0756. The van der Waals surface area contributed by atoms with E-state index in [1.807, 2.05) is 0 Å². The van der Waals surface area contributed by atoms with Crippen molar-refractivity contribution in [2.75, 3.05) is 4.90 Å². The second kappa shape index (κ2) is 14.9. The van der Waals surface area contributed by atoms with Crippen molar-refractivity contribution in [3.63, 3.8) is 0 Å². The zero-order chi connectivity index (χ0) is 50.6. The first-order valence-electron chi connectivity index (χ1n) is 26.7. The van der Waals surface area contributed by atoms with E-state index in [1.54, 1.807) is 0 Å². The highest BCUT2D eigenvalue weighted by Gasteiger charge is 2.47. The molecular weight excluding hydrogens is 908 g/mol. The molecular formula is C69H53B2N3O. The van der Waals surface area contributed by atoms with Crippen LogP contribution in [0.5, 0.6) is 11.5 Å². The van der Waals surface area contributed by atoms with E-state index >= 15 is 0 Å². The maximum atomic E-state index is 7.65. The lowest BCUT2D eigenvalue weighted by Crippen LogP contribution is -2.64. The third kappa shape index (κ3) is 5.64. The number of aryl methyl sites for hydroxylation is 9. The largest absolute Gasteiger partial charge is 0.458 e. The van der Waals surface area contributed by atoms with Crippen molar-refractivity contribution in [2.45, 2.75) is 62.3 Å². The maximum Gasteiger partial charge on any atom is 0.256 e. The first-order valence-corrected chi connectivity index (χ1v) is 26.7. The molecule has 6 heterocycles. The minimum Gasteiger partial charge on any atom is -0.458 e. The molecule has 0 N–H and O–H groups in total. The fourth-order valence-corrected chi connectivity index (χ4v) is 14.7. The Morgan fingerprint density at radius 2 is 0.920 bits per heavy atom. The van der Waals surface area contributed by atoms with Crippen LogP contribution >= 0.6 is 0 Å². The predicted molar refractivity (Wildman–Crippen MR) is 319 cm³/mol. The van der Waals surface area contributed by atoms with Gasteiger partial charge in [-0.1, -0.05) is 113 Å². The molecule has 0 saturated heterocycles. The van der Waals surface area contributed by atoms with E-state index in [9.17, 15) is 0 Å². The Kier molecular flexibility index (Phi) is 8.51. The summed E-state index contributed by atoms with van der Waals surface area (Å²) in [6.07, 6.45) is 0. The highest BCUT2D eigenvalue weighted by molar-refractivity contribution is 7.02. The van der Waals surface area contributed by atoms with Crippen molar-refractivity contribution in [2.24, 2.45) is 0 Å². The second-order valence-corrected chi connectivity index (χ2v) is 22.6. The molecule has 6 heteroatoms. The number of rotatable bonds is 3. The molecule has 16 rings (SSSR count). The van der Waals surface area contributed by atoms with Crippen molar-refractivity contribution in [3.8, 4) is 45.1 Å². The first-order chi connectivity index (χ1) is 36.4. The molecule has 75 heavy (non-hydrogen) atoms. The third-order valence-corrected chi connectivity index (χ3v) is 17.8. The van der Waals surface area contributed by atoms with Crippen molar-refractivity contribution < 1.29 is 4.74 Å². The summed E-state index contributed by atoms with van der Waals surface area (Å²) >= 11 is 0. The van der Waals surface area contributed by atoms with Gasteiger partial charge in [-0.25, -0.2) is 0 Å². The standard InChI is InChI=1S/C69H53B2N3O/c1-36-16-21-47(22-17-36)72-57-35-61-53(71-65-44(9)20-23-48-49-26-37(2)18-24-55(49)74(69(48)65)60-32-46(33-62(75-61)67(60)71)64-42(7)14-11-15-43(64)8)34-52(57)70-54-29-39(4)28-51-50-27-38(3)19-25-56(50)73(68(51)54)59-31-45(30-58(72)66(59)70)63-40(5)12-10-13-41(63)6/h10-35H,1-9H3. The van der Waals surface area contributed by atoms with E-state index in [-0.39, 0.29) is 13.4 Å². The summed E-state index contributed by atoms with van der Waals surface area (Å²) in [6.45, 7) is 20.1. The van der Waals surface area contributed by atoms with Gasteiger partial charge < -0.3 is 18.8 Å². The van der Waals surface area contributed by atoms with Crippen LogP contribution in [0.1, 0.15) is 50.1 Å². The van der Waals surface area contributed by atoms with Gasteiger partial charge in [-0.05, 0) is 206 Å². The fourth-order valence-electron chi connectivity index (χ4n) is 14.7. The molecule has 0 radical (unpaired) electrons. The van der Waals surface area contributed by atoms with E-state index in [0.29, 0.717) is 0 Å². The zero-order valence-corrected chi connectivity index (χ0v) is 43.9. The molecule has 0 saturated carbocycles. The number of nitrogens with zero attached hydrogens (tertiary/aromatic N) is 3. The zero-order valence-electron chi connectivity index (χ0n) is 43.9. The van der Waals surface area contributed by atoms with Crippen molar-refractivity contribution in [3.05, 3.63) is 208 Å². The number of hydrogen-bond donors (Lipinski definition) is 0. The monoisotopic (exact) mass is 961 g/mol. The van der Waals surface area contributed by atoms with Gasteiger partial charge in [0.2, 0.25) is 0 Å². The van der Waals surface area contributed by atoms with Gasteiger partial charge in [-0.15, -0.1) is 0 Å². The summed E-state index contributed by atoms with van der Waals surface area (Å²) in [5.74, 6) is 1.84. The summed E-state index contributed by atoms with van der Waals surface area (Å²) in [7, 11) is 0. The highest BCUT2D eigenvalue weighted by atomic mass is 16.5. The van der Waals surface area contributed by atoms with Crippen LogP contribution in [-0.2, 0) is 0 Å². The Morgan fingerprint density at radius 1 is 0.347 bits per heavy atom. The lowest BCUT2D eigenvalue weighted by Gasteiger charge is -2.42. The molecule has 0 fully saturated rings. The first kappa shape index (κ1) is 43.0. The van der Waals surface area contributed by atoms with Gasteiger partial charge in [-0.3, -0.25) is 0 Å². The number of fused-ring (bicyclic) bond motifs is 14. The van der Waals surface area contributed by atoms with Crippen LogP contribution in [-0.4, -0.2) is 22.6 Å². The molecule has 12 aromatic rings. The maximum absolute atomic E-state index is 7.65. The van der Waals surface area contributed by atoms with Gasteiger partial charge in [0.1, 0.15) is 11.5 Å². The van der Waals surface area contributed by atoms with Crippen molar-refractivity contribution in [1.29, 1.82) is 0 Å². The lowest BCUT2D eigenvalue weighted by atomic mass is 9.30. The number of anilines is 3. The molecule has 356 valence electrons. The van der Waals surface area contributed by atoms with Crippen molar-refractivity contribution in [1.82, 2.24) is 9.13 Å². The van der Waals surface area contributed by atoms with E-state index in [4.69, 9.17) is 4.74 Å². The average Bonchev–Trinajstić information content (AvgIpc) is 4.03. The highest BCUT2D eigenvalue weighted by Crippen LogP contribution is 2.47.